The molecule has 0 bridgehead atoms. The van der Waals surface area contributed by atoms with Crippen LogP contribution in [0, 0.1) is 0 Å². The number of hydrogen-bond donors (Lipinski definition) is 2. The molecule has 0 fully saturated rings. The Kier molecular flexibility index (Phi) is 5.78. The van der Waals surface area contributed by atoms with Crippen LogP contribution in [0.2, 0.25) is 0 Å². The highest BCUT2D eigenvalue weighted by Crippen LogP contribution is 2.24. The second-order valence-corrected chi connectivity index (χ2v) is 5.13. The van der Waals surface area contributed by atoms with Gasteiger partial charge in [-0.25, -0.2) is 0 Å². The van der Waals surface area contributed by atoms with E-state index in [1.54, 1.807) is 0 Å². The third kappa shape index (κ3) is 3.29. The van der Waals surface area contributed by atoms with Crippen LogP contribution in [-0.2, 0) is 16.6 Å². The first-order chi connectivity index (χ1) is 6.36. The van der Waals surface area contributed by atoms with E-state index in [4.69, 9.17) is 16.9 Å². The number of hydrogen-bond acceptors (Lipinski definition) is 5. The van der Waals surface area contributed by atoms with Crippen LogP contribution in [0.15, 0.2) is 0 Å². The summed E-state index contributed by atoms with van der Waals surface area (Å²) in [5.74, 6) is -0.874. The van der Waals surface area contributed by atoms with Crippen molar-refractivity contribution in [3.63, 3.8) is 0 Å². The smallest absolute Gasteiger partial charge is 0.317 e. The summed E-state index contributed by atoms with van der Waals surface area (Å²) in [5, 5.41) is 11.6. The van der Waals surface area contributed by atoms with Crippen molar-refractivity contribution in [2.75, 3.05) is 34.7 Å². The van der Waals surface area contributed by atoms with Gasteiger partial charge in [0.2, 0.25) is 0 Å². The lowest BCUT2D eigenvalue weighted by Gasteiger charge is -2.42. The van der Waals surface area contributed by atoms with E-state index < -0.39 is 11.5 Å². The fourth-order valence-corrected chi connectivity index (χ4v) is 3.30. The highest BCUT2D eigenvalue weighted by molar-refractivity contribution is 7.97. The third-order valence-electron chi connectivity index (χ3n) is 2.03. The molecule has 0 heterocycles. The van der Waals surface area contributed by atoms with Crippen LogP contribution in [-0.4, -0.2) is 61.1 Å². The third-order valence-corrected chi connectivity index (χ3v) is 4.58. The van der Waals surface area contributed by atoms with Gasteiger partial charge < -0.3 is 5.11 Å². The molecule has 0 saturated heterocycles. The lowest BCUT2D eigenvalue weighted by atomic mass is 10.5. The molecule has 2 N–H and O–H groups in total. The van der Waals surface area contributed by atoms with Crippen LogP contribution >= 0.6 is 7.36 Å². The van der Waals surface area contributed by atoms with Gasteiger partial charge in [-0.05, 0) is 35.5 Å². The Morgan fingerprint density at radius 3 is 2.07 bits per heavy atom. The van der Waals surface area contributed by atoms with Crippen molar-refractivity contribution in [1.82, 2.24) is 15.1 Å². The van der Waals surface area contributed by atoms with E-state index in [9.17, 15) is 4.79 Å². The molecule has 0 saturated carbocycles. The highest BCUT2D eigenvalue weighted by atomic mass is 32.4. The average molecular weight is 239 g/mol. The van der Waals surface area contributed by atoms with Gasteiger partial charge >= 0.3 is 5.97 Å². The summed E-state index contributed by atoms with van der Waals surface area (Å²) in [6, 6.07) is 0. The first-order valence-corrected chi connectivity index (χ1v) is 6.61. The van der Waals surface area contributed by atoms with E-state index >= 15 is 0 Å². The number of carboxylic acids is 1. The molecule has 5 nitrogen and oxygen atoms in total. The van der Waals surface area contributed by atoms with Gasteiger partial charge in [-0.15, -0.1) is 0 Å². The van der Waals surface area contributed by atoms with Crippen molar-refractivity contribution in [3.05, 3.63) is 0 Å². The lowest BCUT2D eigenvalue weighted by molar-refractivity contribution is -0.137. The maximum Gasteiger partial charge on any atom is 0.317 e. The quantitative estimate of drug-likeness (QED) is 0.471. The highest BCUT2D eigenvalue weighted by Gasteiger charge is 2.31. The molecule has 0 aromatic carbocycles. The summed E-state index contributed by atoms with van der Waals surface area (Å²) < 4.78 is 0. The van der Waals surface area contributed by atoms with Gasteiger partial charge in [0, 0.05) is 0 Å². The predicted octanol–water partition coefficient (Wildman–Crippen LogP) is -0.732. The maximum atomic E-state index is 10.5. The summed E-state index contributed by atoms with van der Waals surface area (Å²) >= 11 is 5.13. The number of nitrogens with zero attached hydrogens (tertiary/aromatic N) is 2. The summed E-state index contributed by atoms with van der Waals surface area (Å²) in [6.45, 7) is -0.0833. The lowest BCUT2D eigenvalue weighted by Crippen LogP contribution is -2.61. The van der Waals surface area contributed by atoms with Crippen molar-refractivity contribution in [2.24, 2.45) is 0 Å². The number of aliphatic carboxylic acids is 1. The summed E-state index contributed by atoms with van der Waals surface area (Å²) in [7, 11) is 7.17. The monoisotopic (exact) mass is 239 g/mol. The van der Waals surface area contributed by atoms with Crippen LogP contribution in [0.5, 0.6) is 0 Å². The second kappa shape index (κ2) is 5.78. The van der Waals surface area contributed by atoms with Crippen molar-refractivity contribution in [1.29, 1.82) is 0 Å². The zero-order valence-electron chi connectivity index (χ0n) is 8.94. The Balaban J connectivity index is 4.68. The molecule has 0 aromatic rings. The van der Waals surface area contributed by atoms with Crippen LogP contribution in [0.4, 0.5) is 0 Å². The zero-order chi connectivity index (χ0) is 11.4. The fraction of sp³-hybridized carbons (Fsp3) is 0.857. The van der Waals surface area contributed by atoms with Gasteiger partial charge in [-0.1, -0.05) is 11.8 Å². The van der Waals surface area contributed by atoms with E-state index in [0.717, 1.165) is 0 Å². The molecule has 0 aliphatic carbocycles. The molecule has 0 radical (unpaired) electrons. The second-order valence-electron chi connectivity index (χ2n) is 3.38. The van der Waals surface area contributed by atoms with Gasteiger partial charge in [0.15, 0.2) is 5.53 Å². The molecule has 84 valence electrons. The molecule has 0 spiro atoms. The van der Waals surface area contributed by atoms with Gasteiger partial charge in [-0.2, -0.15) is 0 Å². The maximum absolute atomic E-state index is 10.5. The molecule has 7 heteroatoms. The Bertz CT molecular complexity index is 215. The minimum atomic E-state index is -0.874. The molecule has 1 unspecified atom stereocenters. The van der Waals surface area contributed by atoms with E-state index in [-0.39, 0.29) is 13.9 Å². The molecule has 0 aliphatic rings. The van der Waals surface area contributed by atoms with Gasteiger partial charge in [0.25, 0.3) is 0 Å². The largest absolute Gasteiger partial charge is 0.480 e. The van der Waals surface area contributed by atoms with Crippen LogP contribution in [0.1, 0.15) is 0 Å². The van der Waals surface area contributed by atoms with Crippen LogP contribution < -0.4 is 5.32 Å². The fourth-order valence-electron chi connectivity index (χ4n) is 1.17. The zero-order valence-corrected chi connectivity index (χ0v) is 10.9. The first kappa shape index (κ1) is 14.0. The van der Waals surface area contributed by atoms with Crippen molar-refractivity contribution in [3.8, 4) is 0 Å². The van der Waals surface area contributed by atoms with Gasteiger partial charge in [0.05, 0.1) is 6.54 Å². The minimum absolute atomic E-state index is 0.0833. The first-order valence-electron chi connectivity index (χ1n) is 4.15. The molecular formula is C7H18N3O2PS. The normalized spacial score (nSPS) is 13.3. The average Bonchev–Trinajstić information content (AvgIpc) is 2.04. The standard InChI is InChI=1S/C7H18N3O2PS/c1-9(2)7(13-14,10(3)4)8-5-6(11)12/h8H,5,13H2,1-4H3,(H,11,12). The molecule has 0 aliphatic heterocycles. The molecule has 0 amide bonds. The van der Waals surface area contributed by atoms with Gasteiger partial charge in [0.1, 0.15) is 0 Å². The van der Waals surface area contributed by atoms with E-state index in [1.807, 2.05) is 38.0 Å². The molecule has 14 heavy (non-hydrogen) atoms. The van der Waals surface area contributed by atoms with E-state index in [2.05, 4.69) is 5.32 Å². The Labute approximate surface area is 90.9 Å². The van der Waals surface area contributed by atoms with Gasteiger partial charge in [-0.3, -0.25) is 19.9 Å². The van der Waals surface area contributed by atoms with E-state index in [1.165, 1.54) is 0 Å². The number of nitrogens with one attached hydrogen (secondary N) is 1. The molecule has 0 aromatic heterocycles. The minimum Gasteiger partial charge on any atom is -0.480 e. The summed E-state index contributed by atoms with van der Waals surface area (Å²) in [5.41, 5.74) is -0.492. The Morgan fingerprint density at radius 2 is 1.86 bits per heavy atom. The number of carbonyl (C=O) groups is 1. The number of rotatable bonds is 6. The molecule has 0 rings (SSSR count). The number of carboxylic acid groups (broad SMARTS) is 1. The molecule has 1 atom stereocenters. The van der Waals surface area contributed by atoms with E-state index in [0.29, 0.717) is 0 Å². The van der Waals surface area contributed by atoms with Crippen molar-refractivity contribution < 1.29 is 9.90 Å². The summed E-state index contributed by atoms with van der Waals surface area (Å²) in [4.78, 5) is 14.3. The predicted molar refractivity (Wildman–Crippen MR) is 62.8 cm³/mol. The topological polar surface area (TPSA) is 55.8 Å². The van der Waals surface area contributed by atoms with Crippen LogP contribution in [0.25, 0.3) is 0 Å². The van der Waals surface area contributed by atoms with Crippen LogP contribution in [0.3, 0.4) is 0 Å². The Morgan fingerprint density at radius 1 is 1.43 bits per heavy atom. The summed E-state index contributed by atoms with van der Waals surface area (Å²) in [6.07, 6.45) is 0. The molecular weight excluding hydrogens is 221 g/mol. The van der Waals surface area contributed by atoms with Crippen molar-refractivity contribution in [2.45, 2.75) is 5.53 Å². The van der Waals surface area contributed by atoms with Crippen molar-refractivity contribution >= 4 is 25.1 Å². The SMILES string of the molecule is CN(C)C(NCC(=O)O)([PH2]=S)N(C)C. The Hall–Kier alpha value is -0.000000000000000104.